The molecule has 0 radical (unpaired) electrons. The number of nitrogens with one attached hydrogen (secondary N) is 1. The lowest BCUT2D eigenvalue weighted by molar-refractivity contribution is -0.384. The molecule has 0 bridgehead atoms. The fourth-order valence-corrected chi connectivity index (χ4v) is 1.35. The summed E-state index contributed by atoms with van der Waals surface area (Å²) in [5, 5.41) is 13.2. The Bertz CT molecular complexity index is 570. The van der Waals surface area contributed by atoms with Gasteiger partial charge in [0.05, 0.1) is 4.92 Å². The number of amides is 1. The zero-order valence-electron chi connectivity index (χ0n) is 10.3. The van der Waals surface area contributed by atoms with Gasteiger partial charge < -0.3 is 5.32 Å². The molecule has 0 fully saturated rings. The minimum atomic E-state index is -0.574. The van der Waals surface area contributed by atoms with Crippen LogP contribution in [0.4, 0.5) is 5.69 Å². The molecule has 0 aliphatic carbocycles. The van der Waals surface area contributed by atoms with Crippen LogP contribution < -0.4 is 5.32 Å². The molecule has 0 saturated carbocycles. The molecule has 0 heterocycles. The van der Waals surface area contributed by atoms with Crippen molar-refractivity contribution >= 4 is 17.9 Å². The van der Waals surface area contributed by atoms with Gasteiger partial charge in [0, 0.05) is 43.1 Å². The minimum absolute atomic E-state index is 0.139. The van der Waals surface area contributed by atoms with Gasteiger partial charge in [-0.3, -0.25) is 19.7 Å². The predicted octanol–water partition coefficient (Wildman–Crippen LogP) is 1.28. The van der Waals surface area contributed by atoms with E-state index in [1.54, 1.807) is 0 Å². The van der Waals surface area contributed by atoms with Crippen LogP contribution >= 0.6 is 0 Å². The van der Waals surface area contributed by atoms with Gasteiger partial charge in [-0.1, -0.05) is 11.8 Å². The molecule has 0 saturated heterocycles. The van der Waals surface area contributed by atoms with Crippen molar-refractivity contribution in [2.24, 2.45) is 0 Å². The Morgan fingerprint density at radius 2 is 2.21 bits per heavy atom. The first-order valence-corrected chi connectivity index (χ1v) is 5.51. The first-order chi connectivity index (χ1) is 9.02. The van der Waals surface area contributed by atoms with Gasteiger partial charge in [-0.15, -0.1) is 0 Å². The summed E-state index contributed by atoms with van der Waals surface area (Å²) in [6.45, 7) is 1.82. The van der Waals surface area contributed by atoms with E-state index in [0.29, 0.717) is 24.8 Å². The van der Waals surface area contributed by atoms with Gasteiger partial charge in [-0.2, -0.15) is 0 Å². The number of nitro benzene ring substituents is 1. The first-order valence-electron chi connectivity index (χ1n) is 5.51. The molecule has 1 aromatic rings. The van der Waals surface area contributed by atoms with Crippen molar-refractivity contribution < 1.29 is 14.5 Å². The molecule has 98 valence electrons. The molecule has 0 spiro atoms. The van der Waals surface area contributed by atoms with E-state index in [9.17, 15) is 19.7 Å². The van der Waals surface area contributed by atoms with E-state index in [2.05, 4.69) is 17.2 Å². The van der Waals surface area contributed by atoms with E-state index in [1.165, 1.54) is 25.1 Å². The SMILES string of the molecule is CC(=O)NCCC#Cc1cc(C=O)cc([N+](=O)[O-])c1. The summed E-state index contributed by atoms with van der Waals surface area (Å²) < 4.78 is 0. The molecular weight excluding hydrogens is 248 g/mol. The van der Waals surface area contributed by atoms with Crippen molar-refractivity contribution in [1.82, 2.24) is 5.32 Å². The van der Waals surface area contributed by atoms with Crippen LogP contribution in [0.5, 0.6) is 0 Å². The highest BCUT2D eigenvalue weighted by molar-refractivity contribution is 5.77. The highest BCUT2D eigenvalue weighted by atomic mass is 16.6. The van der Waals surface area contributed by atoms with E-state index < -0.39 is 4.92 Å². The molecule has 6 heteroatoms. The van der Waals surface area contributed by atoms with Gasteiger partial charge >= 0.3 is 0 Å². The average molecular weight is 260 g/mol. The molecule has 1 aromatic carbocycles. The number of non-ortho nitro benzene ring substituents is 1. The van der Waals surface area contributed by atoms with Gasteiger partial charge in [0.2, 0.25) is 5.91 Å². The Kier molecular flexibility index (Phi) is 5.23. The summed E-state index contributed by atoms with van der Waals surface area (Å²) in [6, 6.07) is 3.97. The highest BCUT2D eigenvalue weighted by Crippen LogP contribution is 2.15. The number of carbonyl (C=O) groups is 2. The van der Waals surface area contributed by atoms with Crippen molar-refractivity contribution in [3.05, 3.63) is 39.4 Å². The van der Waals surface area contributed by atoms with Crippen LogP contribution in [-0.4, -0.2) is 23.7 Å². The number of benzene rings is 1. The molecule has 6 nitrogen and oxygen atoms in total. The summed E-state index contributed by atoms with van der Waals surface area (Å²) in [5.41, 5.74) is 0.440. The van der Waals surface area contributed by atoms with Crippen molar-refractivity contribution in [3.8, 4) is 11.8 Å². The molecule has 1 amide bonds. The smallest absolute Gasteiger partial charge is 0.271 e. The van der Waals surface area contributed by atoms with E-state index in [1.807, 2.05) is 0 Å². The Morgan fingerprint density at radius 1 is 1.47 bits per heavy atom. The lowest BCUT2D eigenvalue weighted by atomic mass is 10.1. The van der Waals surface area contributed by atoms with E-state index in [4.69, 9.17) is 0 Å². The van der Waals surface area contributed by atoms with E-state index in [0.717, 1.165) is 0 Å². The molecule has 19 heavy (non-hydrogen) atoms. The quantitative estimate of drug-likeness (QED) is 0.290. The van der Waals surface area contributed by atoms with Crippen molar-refractivity contribution in [3.63, 3.8) is 0 Å². The monoisotopic (exact) mass is 260 g/mol. The van der Waals surface area contributed by atoms with Crippen LogP contribution in [0.15, 0.2) is 18.2 Å². The molecule has 0 unspecified atom stereocenters. The third-order valence-corrected chi connectivity index (χ3v) is 2.14. The third kappa shape index (κ3) is 5.00. The third-order valence-electron chi connectivity index (χ3n) is 2.14. The van der Waals surface area contributed by atoms with Gasteiger partial charge in [0.1, 0.15) is 6.29 Å². The second-order valence-corrected chi connectivity index (χ2v) is 3.72. The van der Waals surface area contributed by atoms with Crippen molar-refractivity contribution in [1.29, 1.82) is 0 Å². The number of aldehydes is 1. The fraction of sp³-hybridized carbons (Fsp3) is 0.231. The average Bonchev–Trinajstić information content (AvgIpc) is 2.37. The number of hydrogen-bond donors (Lipinski definition) is 1. The number of hydrogen-bond acceptors (Lipinski definition) is 4. The zero-order valence-corrected chi connectivity index (χ0v) is 10.3. The van der Waals surface area contributed by atoms with Gasteiger partial charge in [0.15, 0.2) is 0 Å². The normalized spacial score (nSPS) is 9.11. The maximum atomic E-state index is 10.7. The first kappa shape index (κ1) is 14.4. The summed E-state index contributed by atoms with van der Waals surface area (Å²) >= 11 is 0. The second-order valence-electron chi connectivity index (χ2n) is 3.72. The fourth-order valence-electron chi connectivity index (χ4n) is 1.35. The van der Waals surface area contributed by atoms with Crippen LogP contribution in [0.25, 0.3) is 0 Å². The van der Waals surface area contributed by atoms with E-state index >= 15 is 0 Å². The topological polar surface area (TPSA) is 89.3 Å². The summed E-state index contributed by atoms with van der Waals surface area (Å²) in [6.07, 6.45) is 0.966. The van der Waals surface area contributed by atoms with Crippen LogP contribution in [-0.2, 0) is 4.79 Å². The minimum Gasteiger partial charge on any atom is -0.355 e. The molecular formula is C13H12N2O4. The van der Waals surface area contributed by atoms with Gasteiger partial charge in [0.25, 0.3) is 5.69 Å². The summed E-state index contributed by atoms with van der Waals surface area (Å²) in [4.78, 5) is 31.4. The lowest BCUT2D eigenvalue weighted by Gasteiger charge is -1.96. The number of carbonyl (C=O) groups excluding carboxylic acids is 2. The molecule has 0 aliphatic heterocycles. The highest BCUT2D eigenvalue weighted by Gasteiger charge is 2.08. The van der Waals surface area contributed by atoms with Gasteiger partial charge in [-0.25, -0.2) is 0 Å². The molecule has 0 aliphatic rings. The summed E-state index contributed by atoms with van der Waals surface area (Å²) in [5.74, 6) is 5.36. The van der Waals surface area contributed by atoms with Crippen LogP contribution in [0.1, 0.15) is 29.3 Å². The lowest BCUT2D eigenvalue weighted by Crippen LogP contribution is -2.20. The molecule has 0 aromatic heterocycles. The molecule has 1 rings (SSSR count). The second kappa shape index (κ2) is 6.91. The van der Waals surface area contributed by atoms with Crippen molar-refractivity contribution in [2.75, 3.05) is 6.54 Å². The Labute approximate surface area is 110 Å². The molecule has 0 atom stereocenters. The Balaban J connectivity index is 2.80. The number of nitrogens with zero attached hydrogens (tertiary/aromatic N) is 1. The standard InChI is InChI=1S/C13H12N2O4/c1-10(17)14-5-3-2-4-11-6-12(9-16)8-13(7-11)15(18)19/h6-9H,3,5H2,1H3,(H,14,17). The van der Waals surface area contributed by atoms with Crippen molar-refractivity contribution in [2.45, 2.75) is 13.3 Å². The zero-order chi connectivity index (χ0) is 14.3. The Morgan fingerprint density at radius 3 is 2.79 bits per heavy atom. The van der Waals surface area contributed by atoms with E-state index in [-0.39, 0.29) is 17.2 Å². The van der Waals surface area contributed by atoms with Gasteiger partial charge in [-0.05, 0) is 6.07 Å². The van der Waals surface area contributed by atoms with Crippen LogP contribution in [0.2, 0.25) is 0 Å². The maximum absolute atomic E-state index is 10.7. The number of nitro groups is 1. The summed E-state index contributed by atoms with van der Waals surface area (Å²) in [7, 11) is 0. The largest absolute Gasteiger partial charge is 0.355 e. The Hall–Kier alpha value is -2.68. The van der Waals surface area contributed by atoms with Crippen LogP contribution in [0.3, 0.4) is 0 Å². The predicted molar refractivity (Wildman–Crippen MR) is 68.7 cm³/mol. The maximum Gasteiger partial charge on any atom is 0.271 e. The molecule has 1 N–H and O–H groups in total. The van der Waals surface area contributed by atoms with Crippen LogP contribution in [0, 0.1) is 22.0 Å². The number of rotatable bonds is 4.